The van der Waals surface area contributed by atoms with Crippen LogP contribution in [0, 0.1) is 0 Å². The Morgan fingerprint density at radius 3 is 2.65 bits per heavy atom. The van der Waals surface area contributed by atoms with E-state index in [0.29, 0.717) is 6.42 Å². The summed E-state index contributed by atoms with van der Waals surface area (Å²) in [5.41, 5.74) is 6.54. The van der Waals surface area contributed by atoms with Crippen molar-refractivity contribution in [2.24, 2.45) is 5.73 Å². The lowest BCUT2D eigenvalue weighted by Gasteiger charge is -2.17. The van der Waals surface area contributed by atoms with Gasteiger partial charge in [0, 0.05) is 6.42 Å². The minimum absolute atomic E-state index is 0.0303. The number of amides is 1. The average molecular weight is 286 g/mol. The molecule has 2 aromatic rings. The molecule has 1 unspecified atom stereocenters. The second-order valence-electron chi connectivity index (χ2n) is 4.79. The van der Waals surface area contributed by atoms with Crippen molar-refractivity contribution in [2.75, 3.05) is 0 Å². The summed E-state index contributed by atoms with van der Waals surface area (Å²) in [6, 6.07) is 14.4. The normalized spacial score (nSPS) is 12.1. The van der Waals surface area contributed by atoms with Gasteiger partial charge in [-0.15, -0.1) is 0 Å². The number of thiocarbonyl (C=S) groups is 1. The third-order valence-corrected chi connectivity index (χ3v) is 3.55. The fourth-order valence-electron chi connectivity index (χ4n) is 2.49. The zero-order chi connectivity index (χ0) is 14.5. The first kappa shape index (κ1) is 14.5. The highest BCUT2D eigenvalue weighted by Gasteiger charge is 2.16. The van der Waals surface area contributed by atoms with Crippen LogP contribution in [-0.2, 0) is 4.79 Å². The Hall–Kier alpha value is -1.94. The Morgan fingerprint density at radius 2 is 1.95 bits per heavy atom. The molecule has 0 heterocycles. The quantitative estimate of drug-likeness (QED) is 0.849. The molecule has 0 aliphatic carbocycles. The van der Waals surface area contributed by atoms with Crippen LogP contribution in [0.3, 0.4) is 0 Å². The molecule has 2 rings (SSSR count). The molecule has 3 N–H and O–H groups in total. The van der Waals surface area contributed by atoms with Gasteiger partial charge in [0.2, 0.25) is 5.91 Å². The van der Waals surface area contributed by atoms with Crippen molar-refractivity contribution in [3.63, 3.8) is 0 Å². The van der Waals surface area contributed by atoms with Gasteiger partial charge in [-0.25, -0.2) is 0 Å². The van der Waals surface area contributed by atoms with Crippen LogP contribution in [0.25, 0.3) is 10.8 Å². The van der Waals surface area contributed by atoms with E-state index in [1.54, 1.807) is 0 Å². The number of carbonyl (C=O) groups is 1. The first-order valence-corrected chi connectivity index (χ1v) is 7.09. The summed E-state index contributed by atoms with van der Waals surface area (Å²) < 4.78 is 0. The summed E-state index contributed by atoms with van der Waals surface area (Å²) in [5.74, 6) is 0.0349. The van der Waals surface area contributed by atoms with Crippen molar-refractivity contribution < 1.29 is 4.79 Å². The Morgan fingerprint density at radius 1 is 1.25 bits per heavy atom. The van der Waals surface area contributed by atoms with Crippen LogP contribution in [0.4, 0.5) is 0 Å². The lowest BCUT2D eigenvalue weighted by atomic mass is 9.89. The maximum absolute atomic E-state index is 11.9. The van der Waals surface area contributed by atoms with E-state index in [-0.39, 0.29) is 16.9 Å². The predicted molar refractivity (Wildman–Crippen MR) is 86.5 cm³/mol. The minimum Gasteiger partial charge on any atom is -0.376 e. The van der Waals surface area contributed by atoms with Crippen molar-refractivity contribution in [3.8, 4) is 0 Å². The molecule has 0 aromatic heterocycles. The fraction of sp³-hybridized carbons (Fsp3) is 0.250. The van der Waals surface area contributed by atoms with E-state index in [4.69, 9.17) is 18.0 Å². The third-order valence-electron chi connectivity index (χ3n) is 3.45. The molecule has 1 amide bonds. The summed E-state index contributed by atoms with van der Waals surface area (Å²) in [4.78, 5) is 11.9. The Balaban J connectivity index is 2.30. The molecule has 104 valence electrons. The van der Waals surface area contributed by atoms with Crippen molar-refractivity contribution >= 4 is 34.0 Å². The molecule has 0 fully saturated rings. The second kappa shape index (κ2) is 6.48. The third kappa shape index (κ3) is 3.33. The summed E-state index contributed by atoms with van der Waals surface area (Å²) in [7, 11) is 0. The standard InChI is InChI=1S/C16H18N2OS/c1-2-11(10-15(19)18-16(17)20)13-9-5-7-12-6-3-4-8-14(12)13/h3-9,11H,2,10H2,1H3,(H3,17,18,19,20). The molecule has 0 spiro atoms. The van der Waals surface area contributed by atoms with E-state index in [1.807, 2.05) is 18.2 Å². The van der Waals surface area contributed by atoms with E-state index >= 15 is 0 Å². The van der Waals surface area contributed by atoms with Gasteiger partial charge in [-0.3, -0.25) is 4.79 Å². The number of hydrogen-bond acceptors (Lipinski definition) is 2. The molecule has 3 nitrogen and oxygen atoms in total. The van der Waals surface area contributed by atoms with E-state index in [9.17, 15) is 4.79 Å². The Kier molecular flexibility index (Phi) is 4.69. The van der Waals surface area contributed by atoms with Gasteiger partial charge < -0.3 is 11.1 Å². The predicted octanol–water partition coefficient (Wildman–Crippen LogP) is 3.08. The van der Waals surface area contributed by atoms with Crippen molar-refractivity contribution in [1.82, 2.24) is 5.32 Å². The van der Waals surface area contributed by atoms with Crippen LogP contribution in [-0.4, -0.2) is 11.0 Å². The molecule has 0 aliphatic heterocycles. The van der Waals surface area contributed by atoms with Gasteiger partial charge in [-0.1, -0.05) is 49.4 Å². The molecular formula is C16H18N2OS. The van der Waals surface area contributed by atoms with E-state index < -0.39 is 0 Å². The van der Waals surface area contributed by atoms with Crippen LogP contribution in [0.2, 0.25) is 0 Å². The molecule has 0 saturated carbocycles. The van der Waals surface area contributed by atoms with Crippen LogP contribution in [0.15, 0.2) is 42.5 Å². The number of benzene rings is 2. The topological polar surface area (TPSA) is 55.1 Å². The summed E-state index contributed by atoms with van der Waals surface area (Å²) >= 11 is 4.70. The number of carbonyl (C=O) groups excluding carboxylic acids is 1. The number of rotatable bonds is 4. The fourth-order valence-corrected chi connectivity index (χ4v) is 2.61. The molecular weight excluding hydrogens is 268 g/mol. The van der Waals surface area contributed by atoms with Gasteiger partial charge in [0.15, 0.2) is 5.11 Å². The van der Waals surface area contributed by atoms with Gasteiger partial charge in [0.25, 0.3) is 0 Å². The Labute approximate surface area is 124 Å². The van der Waals surface area contributed by atoms with E-state index in [0.717, 1.165) is 6.42 Å². The van der Waals surface area contributed by atoms with Crippen molar-refractivity contribution in [1.29, 1.82) is 0 Å². The largest absolute Gasteiger partial charge is 0.376 e. The summed E-state index contributed by atoms with van der Waals surface area (Å²) in [6.07, 6.45) is 1.28. The molecule has 0 aliphatic rings. The molecule has 2 aromatic carbocycles. The molecule has 1 atom stereocenters. The molecule has 0 saturated heterocycles. The molecule has 0 bridgehead atoms. The number of hydrogen-bond donors (Lipinski definition) is 2. The van der Waals surface area contributed by atoms with Gasteiger partial charge in [-0.05, 0) is 40.9 Å². The van der Waals surface area contributed by atoms with Crippen molar-refractivity contribution in [3.05, 3.63) is 48.0 Å². The smallest absolute Gasteiger partial charge is 0.226 e. The highest BCUT2D eigenvalue weighted by molar-refractivity contribution is 7.80. The molecule has 4 heteroatoms. The maximum Gasteiger partial charge on any atom is 0.226 e. The molecule has 0 radical (unpaired) electrons. The lowest BCUT2D eigenvalue weighted by Crippen LogP contribution is -2.35. The first-order chi connectivity index (χ1) is 9.61. The number of fused-ring (bicyclic) bond motifs is 1. The number of nitrogens with one attached hydrogen (secondary N) is 1. The van der Waals surface area contributed by atoms with Gasteiger partial charge in [0.1, 0.15) is 0 Å². The van der Waals surface area contributed by atoms with Crippen molar-refractivity contribution in [2.45, 2.75) is 25.7 Å². The summed E-state index contributed by atoms with van der Waals surface area (Å²) in [6.45, 7) is 2.08. The number of nitrogens with two attached hydrogens (primary N) is 1. The zero-order valence-electron chi connectivity index (χ0n) is 11.4. The van der Waals surface area contributed by atoms with E-state index in [1.165, 1.54) is 16.3 Å². The highest BCUT2D eigenvalue weighted by atomic mass is 32.1. The SMILES string of the molecule is CCC(CC(=O)NC(N)=S)c1cccc2ccccc12. The highest BCUT2D eigenvalue weighted by Crippen LogP contribution is 2.30. The van der Waals surface area contributed by atoms with Gasteiger partial charge >= 0.3 is 0 Å². The lowest BCUT2D eigenvalue weighted by molar-refractivity contribution is -0.120. The average Bonchev–Trinajstić information content (AvgIpc) is 2.43. The minimum atomic E-state index is -0.128. The van der Waals surface area contributed by atoms with Gasteiger partial charge in [-0.2, -0.15) is 0 Å². The second-order valence-corrected chi connectivity index (χ2v) is 5.23. The maximum atomic E-state index is 11.9. The van der Waals surface area contributed by atoms with Crippen LogP contribution >= 0.6 is 12.2 Å². The van der Waals surface area contributed by atoms with Crippen LogP contribution in [0.5, 0.6) is 0 Å². The monoisotopic (exact) mass is 286 g/mol. The summed E-state index contributed by atoms with van der Waals surface area (Å²) in [5, 5.41) is 4.92. The van der Waals surface area contributed by atoms with Crippen LogP contribution < -0.4 is 11.1 Å². The first-order valence-electron chi connectivity index (χ1n) is 6.68. The molecule has 20 heavy (non-hydrogen) atoms. The zero-order valence-corrected chi connectivity index (χ0v) is 12.2. The van der Waals surface area contributed by atoms with Gasteiger partial charge in [0.05, 0.1) is 0 Å². The van der Waals surface area contributed by atoms with Crippen LogP contribution in [0.1, 0.15) is 31.2 Å². The Bertz CT molecular complexity index is 634. The van der Waals surface area contributed by atoms with E-state index in [2.05, 4.69) is 36.5 Å².